The van der Waals surface area contributed by atoms with Crippen LogP contribution in [-0.2, 0) is 0 Å². The molecule has 0 saturated carbocycles. The average molecular weight is 415 g/mol. The third kappa shape index (κ3) is 4.19. The zero-order valence-electron chi connectivity index (χ0n) is 16.7. The zero-order valence-corrected chi connectivity index (χ0v) is 16.7. The van der Waals surface area contributed by atoms with E-state index in [4.69, 9.17) is 8.83 Å². The molecule has 0 bridgehead atoms. The number of hydrogen-bond donors (Lipinski definition) is 2. The summed E-state index contributed by atoms with van der Waals surface area (Å²) in [5.74, 6) is 0.326. The Balaban J connectivity index is 1.30. The Morgan fingerprint density at radius 1 is 0.968 bits per heavy atom. The van der Waals surface area contributed by atoms with Gasteiger partial charge in [0.2, 0.25) is 0 Å². The Morgan fingerprint density at radius 3 is 2.58 bits per heavy atom. The van der Waals surface area contributed by atoms with E-state index in [1.54, 1.807) is 18.2 Å². The first-order chi connectivity index (χ1) is 15.3. The highest BCUT2D eigenvalue weighted by molar-refractivity contribution is 6.03. The lowest BCUT2D eigenvalue weighted by molar-refractivity contribution is 0.102. The minimum absolute atomic E-state index is 0.0159. The Labute approximate surface area is 178 Å². The fourth-order valence-corrected chi connectivity index (χ4v) is 3.57. The lowest BCUT2D eigenvalue weighted by Gasteiger charge is -2.29. The van der Waals surface area contributed by atoms with Gasteiger partial charge in [-0.3, -0.25) is 10.1 Å². The van der Waals surface area contributed by atoms with Gasteiger partial charge in [0.05, 0.1) is 6.26 Å². The number of piperazine rings is 1. The fraction of sp³-hybridized carbons (Fsp3) is 0.174. The molecule has 2 aromatic heterocycles. The largest absolute Gasteiger partial charge is 0.459 e. The summed E-state index contributed by atoms with van der Waals surface area (Å²) in [5.41, 5.74) is 3.72. The Bertz CT molecular complexity index is 1160. The van der Waals surface area contributed by atoms with Gasteiger partial charge in [-0.15, -0.1) is 5.10 Å². The van der Waals surface area contributed by atoms with E-state index in [2.05, 4.69) is 50.0 Å². The van der Waals surface area contributed by atoms with E-state index in [1.807, 2.05) is 18.2 Å². The summed E-state index contributed by atoms with van der Waals surface area (Å²) < 4.78 is 10.7. The van der Waals surface area contributed by atoms with Crippen LogP contribution in [0.4, 0.5) is 11.7 Å². The van der Waals surface area contributed by atoms with Crippen molar-refractivity contribution in [3.8, 4) is 22.8 Å². The smallest absolute Gasteiger partial charge is 0.322 e. The second-order valence-corrected chi connectivity index (χ2v) is 7.21. The van der Waals surface area contributed by atoms with Gasteiger partial charge in [-0.25, -0.2) is 0 Å². The molecule has 4 aromatic rings. The molecule has 0 unspecified atom stereocenters. The van der Waals surface area contributed by atoms with Gasteiger partial charge < -0.3 is 19.1 Å². The number of anilines is 2. The quantitative estimate of drug-likeness (QED) is 0.513. The van der Waals surface area contributed by atoms with Gasteiger partial charge in [-0.05, 0) is 47.5 Å². The van der Waals surface area contributed by atoms with E-state index in [1.165, 1.54) is 12.0 Å². The van der Waals surface area contributed by atoms with Crippen LogP contribution in [0.25, 0.3) is 22.8 Å². The molecule has 1 amide bonds. The molecule has 0 atom stereocenters. The lowest BCUT2D eigenvalue weighted by atomic mass is 10.0. The Morgan fingerprint density at radius 2 is 1.81 bits per heavy atom. The van der Waals surface area contributed by atoms with E-state index >= 15 is 0 Å². The van der Waals surface area contributed by atoms with E-state index in [9.17, 15) is 4.79 Å². The topological polar surface area (TPSA) is 96.4 Å². The van der Waals surface area contributed by atoms with Crippen molar-refractivity contribution in [1.82, 2.24) is 15.5 Å². The maximum atomic E-state index is 12.7. The van der Waals surface area contributed by atoms with Crippen molar-refractivity contribution in [3.63, 3.8) is 0 Å². The van der Waals surface area contributed by atoms with Crippen LogP contribution in [-0.4, -0.2) is 42.3 Å². The second-order valence-electron chi connectivity index (χ2n) is 7.21. The number of aromatic nitrogens is 2. The van der Waals surface area contributed by atoms with Gasteiger partial charge in [0.15, 0.2) is 5.76 Å². The summed E-state index contributed by atoms with van der Waals surface area (Å²) in [6, 6.07) is 19.3. The lowest BCUT2D eigenvalue weighted by Crippen LogP contribution is -2.43. The van der Waals surface area contributed by atoms with Crippen molar-refractivity contribution in [2.24, 2.45) is 0 Å². The molecular weight excluding hydrogens is 394 g/mol. The zero-order chi connectivity index (χ0) is 21.0. The van der Waals surface area contributed by atoms with Gasteiger partial charge in [0, 0.05) is 37.4 Å². The maximum Gasteiger partial charge on any atom is 0.322 e. The molecule has 156 valence electrons. The van der Waals surface area contributed by atoms with Crippen LogP contribution >= 0.6 is 0 Å². The van der Waals surface area contributed by atoms with Crippen molar-refractivity contribution in [1.29, 1.82) is 0 Å². The first-order valence-corrected chi connectivity index (χ1v) is 10.1. The monoisotopic (exact) mass is 415 g/mol. The molecule has 2 N–H and O–H groups in total. The highest BCUT2D eigenvalue weighted by Gasteiger charge is 2.15. The van der Waals surface area contributed by atoms with Crippen molar-refractivity contribution < 1.29 is 13.6 Å². The number of carbonyl (C=O) groups is 1. The Hall–Kier alpha value is -3.91. The highest BCUT2D eigenvalue weighted by Crippen LogP contribution is 2.25. The predicted octanol–water partition coefficient (Wildman–Crippen LogP) is 3.66. The molecule has 31 heavy (non-hydrogen) atoms. The van der Waals surface area contributed by atoms with E-state index in [-0.39, 0.29) is 17.8 Å². The molecular formula is C23H21N5O3. The molecule has 0 aliphatic carbocycles. The number of rotatable bonds is 5. The summed E-state index contributed by atoms with van der Waals surface area (Å²) in [6.45, 7) is 4.02. The minimum atomic E-state index is -0.325. The first kappa shape index (κ1) is 19.1. The number of furan rings is 1. The van der Waals surface area contributed by atoms with Crippen molar-refractivity contribution in [2.75, 3.05) is 36.4 Å². The van der Waals surface area contributed by atoms with Crippen molar-refractivity contribution >= 4 is 17.6 Å². The molecule has 5 rings (SSSR count). The van der Waals surface area contributed by atoms with Crippen LogP contribution in [0.1, 0.15) is 10.4 Å². The van der Waals surface area contributed by atoms with Crippen LogP contribution in [0.5, 0.6) is 0 Å². The molecule has 0 radical (unpaired) electrons. The minimum Gasteiger partial charge on any atom is -0.459 e. The number of carbonyl (C=O) groups excluding carboxylic acids is 1. The molecule has 2 aromatic carbocycles. The summed E-state index contributed by atoms with van der Waals surface area (Å²) in [7, 11) is 0. The summed E-state index contributed by atoms with van der Waals surface area (Å²) >= 11 is 0. The van der Waals surface area contributed by atoms with Crippen LogP contribution in [0.15, 0.2) is 75.8 Å². The van der Waals surface area contributed by atoms with Gasteiger partial charge in [-0.2, -0.15) is 0 Å². The number of nitrogens with one attached hydrogen (secondary N) is 2. The molecule has 3 heterocycles. The SMILES string of the molecule is O=C(Nc1nnc(-c2ccco2)o1)c1cccc(-c2ccc(N3CCNCC3)cc2)c1. The molecule has 1 saturated heterocycles. The standard InChI is InChI=1S/C23H21N5O3/c29-21(25-23-27-26-22(31-23)20-5-2-14-30-20)18-4-1-3-17(15-18)16-6-8-19(9-7-16)28-12-10-24-11-13-28/h1-9,14-15,24H,10-13H2,(H,25,27,29). The third-order valence-electron chi connectivity index (χ3n) is 5.18. The number of amides is 1. The number of benzene rings is 2. The number of nitrogens with zero attached hydrogens (tertiary/aromatic N) is 3. The average Bonchev–Trinajstić information content (AvgIpc) is 3.52. The van der Waals surface area contributed by atoms with Crippen LogP contribution in [0, 0.1) is 0 Å². The van der Waals surface area contributed by atoms with Crippen molar-refractivity contribution in [3.05, 3.63) is 72.5 Å². The van der Waals surface area contributed by atoms with E-state index in [0.29, 0.717) is 11.3 Å². The van der Waals surface area contributed by atoms with Gasteiger partial charge in [0.25, 0.3) is 11.8 Å². The van der Waals surface area contributed by atoms with Gasteiger partial charge in [-0.1, -0.05) is 29.4 Å². The Kier molecular flexibility index (Phi) is 5.20. The van der Waals surface area contributed by atoms with Crippen molar-refractivity contribution in [2.45, 2.75) is 0 Å². The van der Waals surface area contributed by atoms with E-state index in [0.717, 1.165) is 37.3 Å². The molecule has 8 nitrogen and oxygen atoms in total. The molecule has 8 heteroatoms. The predicted molar refractivity (Wildman–Crippen MR) is 117 cm³/mol. The first-order valence-electron chi connectivity index (χ1n) is 10.1. The molecule has 1 aliphatic heterocycles. The normalized spacial score (nSPS) is 13.9. The summed E-state index contributed by atoms with van der Waals surface area (Å²) in [6.07, 6.45) is 1.51. The highest BCUT2D eigenvalue weighted by atomic mass is 16.4. The molecule has 1 fully saturated rings. The molecule has 0 spiro atoms. The molecule has 1 aliphatic rings. The second kappa shape index (κ2) is 8.45. The van der Waals surface area contributed by atoms with Crippen LogP contribution in [0.2, 0.25) is 0 Å². The summed E-state index contributed by atoms with van der Waals surface area (Å²) in [4.78, 5) is 15.0. The number of hydrogen-bond acceptors (Lipinski definition) is 7. The van der Waals surface area contributed by atoms with Gasteiger partial charge in [0.1, 0.15) is 0 Å². The van der Waals surface area contributed by atoms with Gasteiger partial charge >= 0.3 is 6.01 Å². The fourth-order valence-electron chi connectivity index (χ4n) is 3.57. The third-order valence-corrected chi connectivity index (χ3v) is 5.18. The van der Waals surface area contributed by atoms with Crippen LogP contribution in [0.3, 0.4) is 0 Å². The summed E-state index contributed by atoms with van der Waals surface area (Å²) in [5, 5.41) is 13.7. The van der Waals surface area contributed by atoms with Crippen LogP contribution < -0.4 is 15.5 Å². The maximum absolute atomic E-state index is 12.7. The van der Waals surface area contributed by atoms with E-state index < -0.39 is 0 Å².